The summed E-state index contributed by atoms with van der Waals surface area (Å²) >= 11 is 1.74. The number of carbonyl (C=O) groups excluding carboxylic acids is 1. The van der Waals surface area contributed by atoms with E-state index in [-0.39, 0.29) is 5.97 Å². The second-order valence-corrected chi connectivity index (χ2v) is 8.75. The highest BCUT2D eigenvalue weighted by atomic mass is 32.1. The fourth-order valence-corrected chi connectivity index (χ4v) is 4.28. The lowest BCUT2D eigenvalue weighted by Gasteiger charge is -2.24. The van der Waals surface area contributed by atoms with Crippen molar-refractivity contribution in [1.82, 2.24) is 4.90 Å². The molecule has 1 aliphatic rings. The first-order valence-electron chi connectivity index (χ1n) is 9.71. The number of nitrogens with zero attached hydrogens (tertiary/aromatic N) is 1. The van der Waals surface area contributed by atoms with Gasteiger partial charge in [-0.25, -0.2) is 0 Å². The highest BCUT2D eigenvalue weighted by molar-refractivity contribution is 7.11. The highest BCUT2D eigenvalue weighted by Crippen LogP contribution is 2.41. The molecule has 0 saturated carbocycles. The van der Waals surface area contributed by atoms with E-state index in [1.807, 2.05) is 32.9 Å². The van der Waals surface area contributed by atoms with Gasteiger partial charge in [-0.3, -0.25) is 4.79 Å². The summed E-state index contributed by atoms with van der Waals surface area (Å²) in [7, 11) is 4.17. The molecule has 150 valence electrons. The van der Waals surface area contributed by atoms with Crippen molar-refractivity contribution in [2.75, 3.05) is 27.2 Å². The topological polar surface area (TPSA) is 38.8 Å². The van der Waals surface area contributed by atoms with Crippen molar-refractivity contribution >= 4 is 22.9 Å². The van der Waals surface area contributed by atoms with E-state index in [2.05, 4.69) is 42.6 Å². The number of fused-ring (bicyclic) bond motifs is 2. The van der Waals surface area contributed by atoms with Crippen molar-refractivity contribution < 1.29 is 14.3 Å². The van der Waals surface area contributed by atoms with Crippen LogP contribution in [0.5, 0.6) is 5.75 Å². The molecule has 0 aliphatic carbocycles. The molecule has 0 radical (unpaired) electrons. The van der Waals surface area contributed by atoms with Gasteiger partial charge in [-0.05, 0) is 76.0 Å². The lowest BCUT2D eigenvalue weighted by Crippen LogP contribution is -2.31. The number of benzene rings is 1. The molecule has 1 aliphatic heterocycles. The van der Waals surface area contributed by atoms with Crippen LogP contribution >= 0.6 is 11.3 Å². The number of esters is 1. The van der Waals surface area contributed by atoms with Crippen LogP contribution in [0.25, 0.3) is 5.57 Å². The summed E-state index contributed by atoms with van der Waals surface area (Å²) in [5, 5.41) is 2.12. The van der Waals surface area contributed by atoms with Gasteiger partial charge >= 0.3 is 5.97 Å². The Hall–Kier alpha value is -2.11. The summed E-state index contributed by atoms with van der Waals surface area (Å²) in [6, 6.07) is 8.20. The SMILES string of the molecule is CCOC(=O)C(C)(C)c1ccc2c(c1)/C(=C\CCN(C)C)c1sccc1CO2. The number of ether oxygens (including phenoxy) is 2. The summed E-state index contributed by atoms with van der Waals surface area (Å²) in [6.45, 7) is 7.59. The standard InChI is InChI=1S/C23H29NO3S/c1-6-26-22(25)23(2,3)17-9-10-20-19(14-17)18(8-7-12-24(4)5)21-16(15-27-20)11-13-28-21/h8-11,13-14H,6-7,12,15H2,1-5H3/b18-8+. The third kappa shape index (κ3) is 4.15. The first-order valence-corrected chi connectivity index (χ1v) is 10.6. The molecule has 0 saturated heterocycles. The van der Waals surface area contributed by atoms with Gasteiger partial charge in [0.05, 0.1) is 12.0 Å². The van der Waals surface area contributed by atoms with Crippen LogP contribution in [0.15, 0.2) is 35.7 Å². The van der Waals surface area contributed by atoms with Crippen molar-refractivity contribution in [3.63, 3.8) is 0 Å². The summed E-state index contributed by atoms with van der Waals surface area (Å²) < 4.78 is 11.4. The number of hydrogen-bond donors (Lipinski definition) is 0. The minimum atomic E-state index is -0.718. The smallest absolute Gasteiger partial charge is 0.315 e. The van der Waals surface area contributed by atoms with Gasteiger partial charge in [-0.15, -0.1) is 11.3 Å². The Kier molecular flexibility index (Phi) is 6.26. The molecule has 3 rings (SSSR count). The van der Waals surface area contributed by atoms with Gasteiger partial charge in [-0.2, -0.15) is 0 Å². The summed E-state index contributed by atoms with van der Waals surface area (Å²) in [6.07, 6.45) is 3.24. The van der Waals surface area contributed by atoms with Crippen molar-refractivity contribution in [2.24, 2.45) is 0 Å². The Morgan fingerprint density at radius 1 is 1.32 bits per heavy atom. The summed E-state index contributed by atoms with van der Waals surface area (Å²) in [4.78, 5) is 15.9. The molecular formula is C23H29NO3S. The predicted octanol–water partition coefficient (Wildman–Crippen LogP) is 4.86. The molecule has 28 heavy (non-hydrogen) atoms. The molecule has 2 aromatic rings. The number of thiophene rings is 1. The maximum atomic E-state index is 12.5. The minimum absolute atomic E-state index is 0.209. The number of rotatable bonds is 6. The normalized spacial score (nSPS) is 15.0. The molecule has 5 heteroatoms. The largest absolute Gasteiger partial charge is 0.488 e. The zero-order valence-corrected chi connectivity index (χ0v) is 18.2. The monoisotopic (exact) mass is 399 g/mol. The van der Waals surface area contributed by atoms with Gasteiger partial charge in [0.2, 0.25) is 0 Å². The van der Waals surface area contributed by atoms with Crippen molar-refractivity contribution in [1.29, 1.82) is 0 Å². The van der Waals surface area contributed by atoms with Gasteiger partial charge in [0.1, 0.15) is 12.4 Å². The van der Waals surface area contributed by atoms with E-state index in [1.54, 1.807) is 11.3 Å². The van der Waals surface area contributed by atoms with Crippen LogP contribution in [0.4, 0.5) is 0 Å². The zero-order valence-electron chi connectivity index (χ0n) is 17.4. The summed E-state index contributed by atoms with van der Waals surface area (Å²) in [5.74, 6) is 0.655. The van der Waals surface area contributed by atoms with Crippen LogP contribution in [0.1, 0.15) is 48.8 Å². The van der Waals surface area contributed by atoms with Crippen LogP contribution in [0.2, 0.25) is 0 Å². The Labute approximate surface area is 171 Å². The van der Waals surface area contributed by atoms with Crippen LogP contribution in [0, 0.1) is 0 Å². The first kappa shape index (κ1) is 20.6. The molecule has 1 aromatic carbocycles. The Morgan fingerprint density at radius 2 is 2.11 bits per heavy atom. The number of carbonyl (C=O) groups is 1. The second-order valence-electron chi connectivity index (χ2n) is 7.83. The zero-order chi connectivity index (χ0) is 20.3. The maximum Gasteiger partial charge on any atom is 0.315 e. The van der Waals surface area contributed by atoms with Gasteiger partial charge in [0.25, 0.3) is 0 Å². The number of hydrogen-bond acceptors (Lipinski definition) is 5. The fraction of sp³-hybridized carbons (Fsp3) is 0.435. The van der Waals surface area contributed by atoms with Crippen LogP contribution in [-0.2, 0) is 21.6 Å². The van der Waals surface area contributed by atoms with E-state index < -0.39 is 5.41 Å². The molecule has 0 amide bonds. The third-order valence-corrected chi connectivity index (χ3v) is 6.07. The molecule has 0 atom stereocenters. The molecule has 0 unspecified atom stereocenters. The minimum Gasteiger partial charge on any atom is -0.488 e. The maximum absolute atomic E-state index is 12.5. The van der Waals surface area contributed by atoms with E-state index >= 15 is 0 Å². The van der Waals surface area contributed by atoms with Crippen molar-refractivity contribution in [3.05, 3.63) is 57.3 Å². The van der Waals surface area contributed by atoms with E-state index in [9.17, 15) is 4.79 Å². The highest BCUT2D eigenvalue weighted by Gasteiger charge is 2.33. The second kappa shape index (κ2) is 8.50. The van der Waals surface area contributed by atoms with E-state index in [4.69, 9.17) is 9.47 Å². The Balaban J connectivity index is 2.07. The molecule has 1 aromatic heterocycles. The quantitative estimate of drug-likeness (QED) is 0.650. The van der Waals surface area contributed by atoms with Gasteiger partial charge < -0.3 is 14.4 Å². The third-order valence-electron chi connectivity index (χ3n) is 5.08. The average molecular weight is 400 g/mol. The molecule has 0 N–H and O–H groups in total. The molecule has 0 bridgehead atoms. The fourth-order valence-electron chi connectivity index (χ4n) is 3.32. The molecule has 2 heterocycles. The Bertz CT molecular complexity index is 880. The predicted molar refractivity (Wildman–Crippen MR) is 115 cm³/mol. The van der Waals surface area contributed by atoms with Crippen LogP contribution < -0.4 is 4.74 Å². The molecule has 0 fully saturated rings. The van der Waals surface area contributed by atoms with Gasteiger partial charge in [0.15, 0.2) is 0 Å². The van der Waals surface area contributed by atoms with E-state index in [1.165, 1.54) is 16.0 Å². The molecule has 0 spiro atoms. The van der Waals surface area contributed by atoms with Crippen molar-refractivity contribution in [3.8, 4) is 5.75 Å². The lowest BCUT2D eigenvalue weighted by atomic mass is 9.83. The van der Waals surface area contributed by atoms with Crippen LogP contribution in [-0.4, -0.2) is 38.1 Å². The summed E-state index contributed by atoms with van der Waals surface area (Å²) in [5.41, 5.74) is 3.68. The van der Waals surface area contributed by atoms with E-state index in [0.717, 1.165) is 29.8 Å². The van der Waals surface area contributed by atoms with E-state index in [0.29, 0.717) is 13.2 Å². The molecule has 4 nitrogen and oxygen atoms in total. The molecular weight excluding hydrogens is 370 g/mol. The Morgan fingerprint density at radius 3 is 2.82 bits per heavy atom. The van der Waals surface area contributed by atoms with Crippen molar-refractivity contribution in [2.45, 2.75) is 39.2 Å². The van der Waals surface area contributed by atoms with Crippen LogP contribution in [0.3, 0.4) is 0 Å². The van der Waals surface area contributed by atoms with Gasteiger partial charge in [0, 0.05) is 22.5 Å². The lowest BCUT2D eigenvalue weighted by molar-refractivity contribution is -0.148. The average Bonchev–Trinajstić information content (AvgIpc) is 3.06. The van der Waals surface area contributed by atoms with Gasteiger partial charge in [-0.1, -0.05) is 12.1 Å². The first-order chi connectivity index (χ1) is 13.3.